The lowest BCUT2D eigenvalue weighted by molar-refractivity contribution is 0.413. The molecule has 2 heterocycles. The zero-order valence-corrected chi connectivity index (χ0v) is 8.75. The van der Waals surface area contributed by atoms with Gasteiger partial charge in [0.15, 0.2) is 0 Å². The summed E-state index contributed by atoms with van der Waals surface area (Å²) in [5, 5.41) is 0. The SMILES string of the molecule is CC(C)c1ncc2n1C(C)CCC2. The predicted molar refractivity (Wildman–Crippen MR) is 54.0 cm³/mol. The third-order valence-electron chi connectivity index (χ3n) is 2.91. The van der Waals surface area contributed by atoms with Gasteiger partial charge in [-0.3, -0.25) is 0 Å². The number of aromatic nitrogens is 2. The minimum absolute atomic E-state index is 0.550. The van der Waals surface area contributed by atoms with Crippen molar-refractivity contribution in [2.24, 2.45) is 0 Å². The maximum Gasteiger partial charge on any atom is 0.111 e. The quantitative estimate of drug-likeness (QED) is 0.646. The summed E-state index contributed by atoms with van der Waals surface area (Å²) >= 11 is 0. The second-order valence-corrected chi connectivity index (χ2v) is 4.37. The van der Waals surface area contributed by atoms with Crippen molar-refractivity contribution < 1.29 is 0 Å². The van der Waals surface area contributed by atoms with Gasteiger partial charge in [0.1, 0.15) is 5.82 Å². The lowest BCUT2D eigenvalue weighted by atomic mass is 10.0. The Kier molecular flexibility index (Phi) is 2.14. The van der Waals surface area contributed by atoms with Crippen molar-refractivity contribution in [3.63, 3.8) is 0 Å². The van der Waals surface area contributed by atoms with E-state index < -0.39 is 0 Å². The highest BCUT2D eigenvalue weighted by atomic mass is 15.1. The van der Waals surface area contributed by atoms with Gasteiger partial charge in [-0.25, -0.2) is 4.98 Å². The zero-order chi connectivity index (χ0) is 9.42. The average Bonchev–Trinajstić information content (AvgIpc) is 2.49. The molecular formula is C11H18N2. The minimum Gasteiger partial charge on any atom is -0.329 e. The van der Waals surface area contributed by atoms with Crippen LogP contribution in [0.25, 0.3) is 0 Å². The fraction of sp³-hybridized carbons (Fsp3) is 0.727. The lowest BCUT2D eigenvalue weighted by Crippen LogP contribution is -2.17. The fourth-order valence-electron chi connectivity index (χ4n) is 2.24. The van der Waals surface area contributed by atoms with E-state index in [-0.39, 0.29) is 0 Å². The molecule has 0 fully saturated rings. The molecule has 0 N–H and O–H groups in total. The molecule has 0 saturated heterocycles. The summed E-state index contributed by atoms with van der Waals surface area (Å²) in [6, 6.07) is 0.656. The molecule has 1 aromatic heterocycles. The highest BCUT2D eigenvalue weighted by molar-refractivity contribution is 5.12. The van der Waals surface area contributed by atoms with Gasteiger partial charge in [0.05, 0.1) is 0 Å². The van der Waals surface area contributed by atoms with Crippen molar-refractivity contribution in [1.82, 2.24) is 9.55 Å². The maximum absolute atomic E-state index is 4.51. The molecule has 0 saturated carbocycles. The molecule has 2 heteroatoms. The van der Waals surface area contributed by atoms with Gasteiger partial charge in [-0.2, -0.15) is 0 Å². The first-order valence-corrected chi connectivity index (χ1v) is 5.26. The highest BCUT2D eigenvalue weighted by Crippen LogP contribution is 2.28. The average molecular weight is 178 g/mol. The zero-order valence-electron chi connectivity index (χ0n) is 8.75. The van der Waals surface area contributed by atoms with Crippen LogP contribution in [0.1, 0.15) is 57.1 Å². The Bertz CT molecular complexity index is 299. The number of hydrogen-bond donors (Lipinski definition) is 0. The fourth-order valence-corrected chi connectivity index (χ4v) is 2.24. The summed E-state index contributed by atoms with van der Waals surface area (Å²) in [7, 11) is 0. The van der Waals surface area contributed by atoms with Crippen LogP contribution in [0.15, 0.2) is 6.20 Å². The van der Waals surface area contributed by atoms with Crippen LogP contribution in [0.2, 0.25) is 0 Å². The van der Waals surface area contributed by atoms with E-state index in [1.165, 1.54) is 30.8 Å². The van der Waals surface area contributed by atoms with Gasteiger partial charge in [0, 0.05) is 23.9 Å². The van der Waals surface area contributed by atoms with Gasteiger partial charge in [0.2, 0.25) is 0 Å². The third-order valence-corrected chi connectivity index (χ3v) is 2.91. The molecule has 0 amide bonds. The van der Waals surface area contributed by atoms with Crippen molar-refractivity contribution in [3.05, 3.63) is 17.7 Å². The summed E-state index contributed by atoms with van der Waals surface area (Å²) in [6.07, 6.45) is 5.91. The number of fused-ring (bicyclic) bond motifs is 1. The minimum atomic E-state index is 0.550. The van der Waals surface area contributed by atoms with Gasteiger partial charge in [-0.1, -0.05) is 13.8 Å². The second-order valence-electron chi connectivity index (χ2n) is 4.37. The standard InChI is InChI=1S/C11H18N2/c1-8(2)11-12-7-10-6-4-5-9(3)13(10)11/h7-9H,4-6H2,1-3H3. The summed E-state index contributed by atoms with van der Waals surface area (Å²) in [4.78, 5) is 4.51. The molecule has 0 bridgehead atoms. The predicted octanol–water partition coefficient (Wildman–Crippen LogP) is 2.90. The van der Waals surface area contributed by atoms with Gasteiger partial charge in [-0.15, -0.1) is 0 Å². The maximum atomic E-state index is 4.51. The van der Waals surface area contributed by atoms with Crippen LogP contribution in [0.3, 0.4) is 0 Å². The first kappa shape index (κ1) is 8.79. The Morgan fingerprint density at radius 2 is 2.31 bits per heavy atom. The molecule has 0 aromatic carbocycles. The van der Waals surface area contributed by atoms with Gasteiger partial charge in [0.25, 0.3) is 0 Å². The van der Waals surface area contributed by atoms with E-state index in [4.69, 9.17) is 0 Å². The van der Waals surface area contributed by atoms with Crippen molar-refractivity contribution in [3.8, 4) is 0 Å². The summed E-state index contributed by atoms with van der Waals surface area (Å²) in [6.45, 7) is 6.74. The van der Waals surface area contributed by atoms with Crippen LogP contribution in [-0.2, 0) is 6.42 Å². The first-order chi connectivity index (χ1) is 6.20. The molecular weight excluding hydrogens is 160 g/mol. The molecule has 13 heavy (non-hydrogen) atoms. The van der Waals surface area contributed by atoms with E-state index in [1.54, 1.807) is 0 Å². The van der Waals surface area contributed by atoms with Crippen LogP contribution in [0.4, 0.5) is 0 Å². The van der Waals surface area contributed by atoms with Crippen LogP contribution in [-0.4, -0.2) is 9.55 Å². The number of nitrogens with zero attached hydrogens (tertiary/aromatic N) is 2. The van der Waals surface area contributed by atoms with Crippen molar-refractivity contribution in [1.29, 1.82) is 0 Å². The molecule has 1 unspecified atom stereocenters. The molecule has 0 radical (unpaired) electrons. The number of rotatable bonds is 1. The molecule has 1 aliphatic rings. The van der Waals surface area contributed by atoms with E-state index in [0.29, 0.717) is 12.0 Å². The monoisotopic (exact) mass is 178 g/mol. The Morgan fingerprint density at radius 1 is 1.54 bits per heavy atom. The smallest absolute Gasteiger partial charge is 0.111 e. The molecule has 1 aromatic rings. The van der Waals surface area contributed by atoms with E-state index in [1.807, 2.05) is 0 Å². The van der Waals surface area contributed by atoms with E-state index in [0.717, 1.165) is 0 Å². The molecule has 0 spiro atoms. The van der Waals surface area contributed by atoms with Crippen LogP contribution < -0.4 is 0 Å². The normalized spacial score (nSPS) is 22.0. The Morgan fingerprint density at radius 3 is 3.00 bits per heavy atom. The van der Waals surface area contributed by atoms with Gasteiger partial charge < -0.3 is 4.57 Å². The molecule has 2 rings (SSSR count). The number of hydrogen-bond acceptors (Lipinski definition) is 1. The Hall–Kier alpha value is -0.790. The van der Waals surface area contributed by atoms with E-state index in [2.05, 4.69) is 36.5 Å². The third kappa shape index (κ3) is 1.38. The molecule has 1 atom stereocenters. The topological polar surface area (TPSA) is 17.8 Å². The largest absolute Gasteiger partial charge is 0.329 e. The Balaban J connectivity index is 2.44. The van der Waals surface area contributed by atoms with Crippen molar-refractivity contribution in [2.45, 2.75) is 52.0 Å². The second kappa shape index (κ2) is 3.17. The highest BCUT2D eigenvalue weighted by Gasteiger charge is 2.20. The van der Waals surface area contributed by atoms with Crippen molar-refractivity contribution in [2.75, 3.05) is 0 Å². The number of imidazole rings is 1. The van der Waals surface area contributed by atoms with Crippen LogP contribution in [0.5, 0.6) is 0 Å². The van der Waals surface area contributed by atoms with E-state index >= 15 is 0 Å². The molecule has 1 aliphatic heterocycles. The molecule has 72 valence electrons. The molecule has 2 nitrogen and oxygen atoms in total. The van der Waals surface area contributed by atoms with Crippen molar-refractivity contribution >= 4 is 0 Å². The first-order valence-electron chi connectivity index (χ1n) is 5.26. The Labute approximate surface area is 80.0 Å². The summed E-state index contributed by atoms with van der Waals surface area (Å²) < 4.78 is 2.44. The summed E-state index contributed by atoms with van der Waals surface area (Å²) in [5.41, 5.74) is 1.43. The summed E-state index contributed by atoms with van der Waals surface area (Å²) in [5.74, 6) is 1.82. The van der Waals surface area contributed by atoms with Gasteiger partial charge >= 0.3 is 0 Å². The van der Waals surface area contributed by atoms with Crippen LogP contribution in [0, 0.1) is 0 Å². The van der Waals surface area contributed by atoms with E-state index in [9.17, 15) is 0 Å². The molecule has 0 aliphatic carbocycles. The van der Waals surface area contributed by atoms with Gasteiger partial charge in [-0.05, 0) is 26.2 Å². The van der Waals surface area contributed by atoms with Crippen LogP contribution >= 0.6 is 0 Å². The number of aryl methyl sites for hydroxylation is 1. The lowest BCUT2D eigenvalue weighted by Gasteiger charge is -2.25.